The van der Waals surface area contributed by atoms with Gasteiger partial charge in [-0.05, 0) is 36.8 Å². The molecule has 32 heavy (non-hydrogen) atoms. The molecule has 0 fully saturated rings. The van der Waals surface area contributed by atoms with Crippen LogP contribution in [0.2, 0.25) is 0 Å². The lowest BCUT2D eigenvalue weighted by atomic mass is 10.1. The number of thiophene rings is 1. The standard InChI is InChI=1S/C22H19N3O5S2/c1-12-17(21(26)29-3)20(32-18(12)22(27)30-4)24-10-14(9-23)19-25-16(11-31-19)13-5-7-15(28-2)8-6-13/h5-8,10-11,24H,1-4H3. The van der Waals surface area contributed by atoms with Gasteiger partial charge < -0.3 is 19.5 Å². The highest BCUT2D eigenvalue weighted by atomic mass is 32.1. The van der Waals surface area contributed by atoms with Crippen molar-refractivity contribution in [3.05, 3.63) is 56.9 Å². The molecular weight excluding hydrogens is 450 g/mol. The van der Waals surface area contributed by atoms with E-state index in [1.54, 1.807) is 14.0 Å². The van der Waals surface area contributed by atoms with Crippen molar-refractivity contribution >= 4 is 45.2 Å². The largest absolute Gasteiger partial charge is 0.497 e. The predicted molar refractivity (Wildman–Crippen MR) is 123 cm³/mol. The second kappa shape index (κ2) is 10.1. The molecule has 0 spiro atoms. The Kier molecular flexibility index (Phi) is 7.25. The molecule has 2 heterocycles. The van der Waals surface area contributed by atoms with Crippen molar-refractivity contribution in [2.75, 3.05) is 26.6 Å². The topological polar surface area (TPSA) is 111 Å². The summed E-state index contributed by atoms with van der Waals surface area (Å²) in [6, 6.07) is 9.56. The van der Waals surface area contributed by atoms with Crippen LogP contribution in [0, 0.1) is 18.3 Å². The van der Waals surface area contributed by atoms with Crippen molar-refractivity contribution in [1.29, 1.82) is 5.26 Å². The van der Waals surface area contributed by atoms with Crippen LogP contribution in [0.5, 0.6) is 5.75 Å². The molecular formula is C22H19N3O5S2. The van der Waals surface area contributed by atoms with Crippen LogP contribution in [0.25, 0.3) is 16.8 Å². The Morgan fingerprint density at radius 1 is 1.12 bits per heavy atom. The molecule has 0 saturated heterocycles. The number of carbonyl (C=O) groups excluding carboxylic acids is 2. The van der Waals surface area contributed by atoms with E-state index in [2.05, 4.69) is 16.4 Å². The van der Waals surface area contributed by atoms with Crippen LogP contribution < -0.4 is 10.1 Å². The van der Waals surface area contributed by atoms with E-state index in [9.17, 15) is 14.9 Å². The van der Waals surface area contributed by atoms with Crippen LogP contribution in [0.3, 0.4) is 0 Å². The van der Waals surface area contributed by atoms with E-state index < -0.39 is 11.9 Å². The lowest BCUT2D eigenvalue weighted by Crippen LogP contribution is -2.06. The summed E-state index contributed by atoms with van der Waals surface area (Å²) in [7, 11) is 4.12. The van der Waals surface area contributed by atoms with E-state index in [1.165, 1.54) is 31.8 Å². The van der Waals surface area contributed by atoms with Gasteiger partial charge in [-0.15, -0.1) is 22.7 Å². The number of nitrogens with zero attached hydrogens (tertiary/aromatic N) is 2. The number of methoxy groups -OCH3 is 3. The average molecular weight is 470 g/mol. The zero-order chi connectivity index (χ0) is 23.3. The summed E-state index contributed by atoms with van der Waals surface area (Å²) >= 11 is 2.36. The first-order chi connectivity index (χ1) is 15.4. The summed E-state index contributed by atoms with van der Waals surface area (Å²) < 4.78 is 14.8. The van der Waals surface area contributed by atoms with Crippen LogP contribution in [-0.2, 0) is 9.47 Å². The number of benzene rings is 1. The van der Waals surface area contributed by atoms with Gasteiger partial charge in [0.05, 0.1) is 32.6 Å². The Labute approximate surface area is 192 Å². The Morgan fingerprint density at radius 2 is 1.81 bits per heavy atom. The lowest BCUT2D eigenvalue weighted by Gasteiger charge is -2.03. The molecule has 0 aliphatic rings. The normalized spacial score (nSPS) is 10.9. The molecule has 10 heteroatoms. The third kappa shape index (κ3) is 4.64. The van der Waals surface area contributed by atoms with E-state index in [1.807, 2.05) is 29.6 Å². The molecule has 1 aromatic carbocycles. The number of nitriles is 1. The Hall–Kier alpha value is -3.68. The second-order valence-corrected chi connectivity index (χ2v) is 8.20. The molecule has 0 aliphatic heterocycles. The molecule has 0 bridgehead atoms. The molecule has 0 radical (unpaired) electrons. The van der Waals surface area contributed by atoms with E-state index in [4.69, 9.17) is 14.2 Å². The Bertz CT molecular complexity index is 1220. The number of esters is 2. The minimum atomic E-state index is -0.598. The van der Waals surface area contributed by atoms with Crippen molar-refractivity contribution < 1.29 is 23.8 Å². The SMILES string of the molecule is COC(=O)c1sc(NC=C(C#N)c2nc(-c3ccc(OC)cc3)cs2)c(C(=O)OC)c1C. The van der Waals surface area contributed by atoms with E-state index >= 15 is 0 Å². The van der Waals surface area contributed by atoms with E-state index in [-0.39, 0.29) is 16.0 Å². The Balaban J connectivity index is 1.91. The van der Waals surface area contributed by atoms with Gasteiger partial charge in [0, 0.05) is 17.1 Å². The lowest BCUT2D eigenvalue weighted by molar-refractivity contribution is 0.0601. The van der Waals surface area contributed by atoms with Gasteiger partial charge in [0.1, 0.15) is 32.3 Å². The van der Waals surface area contributed by atoms with Crippen LogP contribution in [0.15, 0.2) is 35.8 Å². The summed E-state index contributed by atoms with van der Waals surface area (Å²) in [5.41, 5.74) is 2.55. The minimum Gasteiger partial charge on any atom is -0.497 e. The van der Waals surface area contributed by atoms with Crippen LogP contribution in [-0.4, -0.2) is 38.3 Å². The first-order valence-electron chi connectivity index (χ1n) is 9.20. The van der Waals surface area contributed by atoms with Crippen LogP contribution in [0.1, 0.15) is 30.6 Å². The molecule has 8 nitrogen and oxygen atoms in total. The molecule has 0 amide bonds. The van der Waals surface area contributed by atoms with Crippen molar-refractivity contribution in [1.82, 2.24) is 4.98 Å². The van der Waals surface area contributed by atoms with Crippen molar-refractivity contribution in [2.45, 2.75) is 6.92 Å². The molecule has 3 rings (SSSR count). The number of anilines is 1. The number of hydrogen-bond donors (Lipinski definition) is 1. The van der Waals surface area contributed by atoms with Gasteiger partial charge in [0.25, 0.3) is 0 Å². The summed E-state index contributed by atoms with van der Waals surface area (Å²) in [6.07, 6.45) is 1.45. The molecule has 0 saturated carbocycles. The van der Waals surface area contributed by atoms with Gasteiger partial charge in [-0.1, -0.05) is 0 Å². The van der Waals surface area contributed by atoms with Gasteiger partial charge in [-0.25, -0.2) is 14.6 Å². The van der Waals surface area contributed by atoms with Crippen molar-refractivity contribution in [3.8, 4) is 23.1 Å². The number of carbonyl (C=O) groups is 2. The quantitative estimate of drug-likeness (QED) is 0.390. The third-order valence-electron chi connectivity index (χ3n) is 4.50. The first-order valence-corrected chi connectivity index (χ1v) is 10.9. The van der Waals surface area contributed by atoms with Crippen LogP contribution >= 0.6 is 22.7 Å². The molecule has 164 valence electrons. The molecule has 0 atom stereocenters. The molecule has 0 unspecified atom stereocenters. The number of nitrogens with one attached hydrogen (secondary N) is 1. The highest BCUT2D eigenvalue weighted by molar-refractivity contribution is 7.18. The maximum atomic E-state index is 12.3. The number of thiazole rings is 1. The number of aromatic nitrogens is 1. The molecule has 3 aromatic rings. The molecule has 0 aliphatic carbocycles. The monoisotopic (exact) mass is 469 g/mol. The molecule has 2 aromatic heterocycles. The van der Waals surface area contributed by atoms with Crippen LogP contribution in [0.4, 0.5) is 5.00 Å². The number of ether oxygens (including phenoxy) is 3. The van der Waals surface area contributed by atoms with Gasteiger partial charge in [-0.2, -0.15) is 5.26 Å². The second-order valence-electron chi connectivity index (χ2n) is 6.32. The van der Waals surface area contributed by atoms with E-state index in [0.29, 0.717) is 15.6 Å². The maximum absolute atomic E-state index is 12.3. The minimum absolute atomic E-state index is 0.213. The van der Waals surface area contributed by atoms with Gasteiger partial charge in [0.2, 0.25) is 0 Å². The fourth-order valence-corrected chi connectivity index (χ4v) is 4.70. The summed E-state index contributed by atoms with van der Waals surface area (Å²) in [4.78, 5) is 29.1. The fourth-order valence-electron chi connectivity index (χ4n) is 2.82. The van der Waals surface area contributed by atoms with E-state index in [0.717, 1.165) is 28.3 Å². The smallest absolute Gasteiger partial charge is 0.348 e. The average Bonchev–Trinajstić information content (AvgIpc) is 3.43. The number of rotatable bonds is 7. The zero-order valence-corrected chi connectivity index (χ0v) is 19.3. The number of hydrogen-bond acceptors (Lipinski definition) is 10. The summed E-state index contributed by atoms with van der Waals surface area (Å²) in [5, 5.41) is 15.3. The third-order valence-corrected chi connectivity index (χ3v) is 6.57. The summed E-state index contributed by atoms with van der Waals surface area (Å²) in [6.45, 7) is 1.64. The molecule has 1 N–H and O–H groups in total. The maximum Gasteiger partial charge on any atom is 0.348 e. The van der Waals surface area contributed by atoms with Gasteiger partial charge in [0.15, 0.2) is 0 Å². The fraction of sp³-hybridized carbons (Fsp3) is 0.182. The van der Waals surface area contributed by atoms with Gasteiger partial charge >= 0.3 is 11.9 Å². The Morgan fingerprint density at radius 3 is 2.41 bits per heavy atom. The highest BCUT2D eigenvalue weighted by Crippen LogP contribution is 2.35. The summed E-state index contributed by atoms with van der Waals surface area (Å²) in [5.74, 6) is -0.413. The highest BCUT2D eigenvalue weighted by Gasteiger charge is 2.25. The van der Waals surface area contributed by atoms with Crippen molar-refractivity contribution in [2.24, 2.45) is 0 Å². The van der Waals surface area contributed by atoms with Crippen molar-refractivity contribution in [3.63, 3.8) is 0 Å². The predicted octanol–water partition coefficient (Wildman–Crippen LogP) is 4.74. The first kappa shape index (κ1) is 23.0. The number of allylic oxidation sites excluding steroid dienone is 1. The zero-order valence-electron chi connectivity index (χ0n) is 17.7. The van der Waals surface area contributed by atoms with Gasteiger partial charge in [-0.3, -0.25) is 0 Å².